The maximum atomic E-state index is 5.89. The van der Waals surface area contributed by atoms with Gasteiger partial charge in [0.25, 0.3) is 0 Å². The Hall–Kier alpha value is -2.23. The van der Waals surface area contributed by atoms with Gasteiger partial charge in [-0.2, -0.15) is 5.10 Å². The van der Waals surface area contributed by atoms with Gasteiger partial charge in [0, 0.05) is 35.3 Å². The molecule has 3 N–H and O–H groups in total. The molecule has 2 aromatic heterocycles. The second kappa shape index (κ2) is 3.88. The lowest BCUT2D eigenvalue weighted by molar-refractivity contribution is 0.782. The molecule has 98 valence electrons. The lowest BCUT2D eigenvalue weighted by Crippen LogP contribution is -1.96. The first-order valence-corrected chi connectivity index (χ1v) is 6.37. The number of aromatic nitrogens is 3. The summed E-state index contributed by atoms with van der Waals surface area (Å²) in [5.74, 6) is 0.674. The average Bonchev–Trinajstić information content (AvgIpc) is 2.85. The van der Waals surface area contributed by atoms with Gasteiger partial charge in [-0.15, -0.1) is 0 Å². The lowest BCUT2D eigenvalue weighted by Gasteiger charge is -2.01. The van der Waals surface area contributed by atoms with Crippen molar-refractivity contribution < 1.29 is 0 Å². The molecular weight excluding hydrogens is 236 g/mol. The normalized spacial score (nSPS) is 11.4. The molecule has 3 rings (SSSR count). The van der Waals surface area contributed by atoms with Crippen molar-refractivity contribution in [3.8, 4) is 11.3 Å². The Morgan fingerprint density at radius 1 is 1.21 bits per heavy atom. The summed E-state index contributed by atoms with van der Waals surface area (Å²) in [7, 11) is 1.86. The molecule has 4 heteroatoms. The van der Waals surface area contributed by atoms with E-state index in [0.29, 0.717) is 5.82 Å². The fourth-order valence-corrected chi connectivity index (χ4v) is 2.57. The lowest BCUT2D eigenvalue weighted by atomic mass is 10.0. The summed E-state index contributed by atoms with van der Waals surface area (Å²) in [5.41, 5.74) is 12.9. The summed E-state index contributed by atoms with van der Waals surface area (Å²) >= 11 is 0. The zero-order chi connectivity index (χ0) is 13.7. The van der Waals surface area contributed by atoms with E-state index in [9.17, 15) is 0 Å². The van der Waals surface area contributed by atoms with Crippen LogP contribution in [0.25, 0.3) is 22.2 Å². The maximum absolute atomic E-state index is 5.89. The Labute approximate surface area is 112 Å². The van der Waals surface area contributed by atoms with Crippen LogP contribution in [0.15, 0.2) is 18.2 Å². The smallest absolute Gasteiger partial charge is 0.121 e. The highest BCUT2D eigenvalue weighted by atomic mass is 15.3. The van der Waals surface area contributed by atoms with Crippen LogP contribution in [0.4, 0.5) is 5.82 Å². The van der Waals surface area contributed by atoms with Gasteiger partial charge in [-0.1, -0.05) is 12.1 Å². The van der Waals surface area contributed by atoms with Crippen molar-refractivity contribution >= 4 is 16.7 Å². The number of rotatable bonds is 1. The summed E-state index contributed by atoms with van der Waals surface area (Å²) in [6, 6.07) is 6.23. The minimum absolute atomic E-state index is 0.674. The first-order chi connectivity index (χ1) is 8.99. The average molecular weight is 254 g/mol. The number of anilines is 1. The number of aryl methyl sites for hydroxylation is 4. The number of aromatic amines is 1. The molecule has 0 spiro atoms. The molecule has 19 heavy (non-hydrogen) atoms. The van der Waals surface area contributed by atoms with Gasteiger partial charge in [-0.3, -0.25) is 4.68 Å². The topological polar surface area (TPSA) is 59.6 Å². The molecule has 0 radical (unpaired) electrons. The third kappa shape index (κ3) is 1.63. The molecule has 0 aliphatic rings. The second-order valence-electron chi connectivity index (χ2n) is 5.13. The molecule has 0 fully saturated rings. The first-order valence-electron chi connectivity index (χ1n) is 6.37. The molecule has 2 heterocycles. The van der Waals surface area contributed by atoms with Gasteiger partial charge in [0.05, 0.1) is 5.69 Å². The number of nitrogens with two attached hydrogens (primary N) is 1. The first kappa shape index (κ1) is 11.8. The van der Waals surface area contributed by atoms with E-state index in [1.807, 2.05) is 13.1 Å². The van der Waals surface area contributed by atoms with E-state index in [0.717, 1.165) is 17.0 Å². The molecule has 4 nitrogen and oxygen atoms in total. The van der Waals surface area contributed by atoms with Crippen LogP contribution in [-0.4, -0.2) is 14.8 Å². The van der Waals surface area contributed by atoms with Crippen molar-refractivity contribution in [1.82, 2.24) is 14.8 Å². The molecule has 0 bridgehead atoms. The van der Waals surface area contributed by atoms with Gasteiger partial charge in [0.1, 0.15) is 5.82 Å². The predicted octanol–water partition coefficient (Wildman–Crippen LogP) is 3.08. The summed E-state index contributed by atoms with van der Waals surface area (Å²) in [5, 5.41) is 5.69. The molecule has 0 amide bonds. The Balaban J connectivity index is 2.35. The number of nitrogens with one attached hydrogen (secondary N) is 1. The van der Waals surface area contributed by atoms with Crippen molar-refractivity contribution in [1.29, 1.82) is 0 Å². The van der Waals surface area contributed by atoms with E-state index in [2.05, 4.69) is 43.0 Å². The van der Waals surface area contributed by atoms with Crippen LogP contribution in [0.5, 0.6) is 0 Å². The van der Waals surface area contributed by atoms with Crippen LogP contribution in [-0.2, 0) is 7.05 Å². The van der Waals surface area contributed by atoms with Gasteiger partial charge in [-0.05, 0) is 31.9 Å². The minimum Gasteiger partial charge on any atom is -0.384 e. The van der Waals surface area contributed by atoms with E-state index in [-0.39, 0.29) is 0 Å². The predicted molar refractivity (Wildman–Crippen MR) is 79.1 cm³/mol. The number of nitrogen functional groups attached to an aromatic ring is 1. The van der Waals surface area contributed by atoms with Crippen LogP contribution in [0.2, 0.25) is 0 Å². The number of hydrogen-bond donors (Lipinski definition) is 2. The van der Waals surface area contributed by atoms with E-state index >= 15 is 0 Å². The number of hydrogen-bond acceptors (Lipinski definition) is 2. The van der Waals surface area contributed by atoms with E-state index in [1.165, 1.54) is 22.0 Å². The highest BCUT2D eigenvalue weighted by molar-refractivity contribution is 5.98. The molecular formula is C15H18N4. The van der Waals surface area contributed by atoms with E-state index in [4.69, 9.17) is 5.73 Å². The van der Waals surface area contributed by atoms with E-state index < -0.39 is 0 Å². The Bertz CT molecular complexity index is 758. The number of fused-ring (bicyclic) bond motifs is 1. The summed E-state index contributed by atoms with van der Waals surface area (Å²) in [6.07, 6.45) is 0. The number of benzene rings is 1. The van der Waals surface area contributed by atoms with Crippen LogP contribution >= 0.6 is 0 Å². The van der Waals surface area contributed by atoms with Gasteiger partial charge in [0.15, 0.2) is 0 Å². The van der Waals surface area contributed by atoms with Crippen molar-refractivity contribution in [2.45, 2.75) is 20.8 Å². The van der Waals surface area contributed by atoms with Crippen molar-refractivity contribution in [2.24, 2.45) is 7.05 Å². The van der Waals surface area contributed by atoms with Crippen LogP contribution in [0.3, 0.4) is 0 Å². The Morgan fingerprint density at radius 3 is 2.58 bits per heavy atom. The number of nitrogens with zero attached hydrogens (tertiary/aromatic N) is 2. The molecule has 0 aliphatic carbocycles. The summed E-state index contributed by atoms with van der Waals surface area (Å²) < 4.78 is 1.70. The quantitative estimate of drug-likeness (QED) is 0.701. The van der Waals surface area contributed by atoms with Gasteiger partial charge in [0.2, 0.25) is 0 Å². The molecule has 0 saturated carbocycles. The van der Waals surface area contributed by atoms with Crippen LogP contribution in [0.1, 0.15) is 16.8 Å². The standard InChI is InChI=1S/C15H18N4/c1-8-5-6-11-14(10(3)17-15(11)9(8)2)12-7-13(16)19(4)18-12/h5-7,17H,16H2,1-4H3. The SMILES string of the molecule is Cc1ccc2c(-c3cc(N)n(C)n3)c(C)[nH]c2c1C. The van der Waals surface area contributed by atoms with Crippen molar-refractivity contribution in [2.75, 3.05) is 5.73 Å². The zero-order valence-electron chi connectivity index (χ0n) is 11.7. The Morgan fingerprint density at radius 2 is 1.95 bits per heavy atom. The second-order valence-corrected chi connectivity index (χ2v) is 5.13. The molecule has 0 saturated heterocycles. The fraction of sp³-hybridized carbons (Fsp3) is 0.267. The fourth-order valence-electron chi connectivity index (χ4n) is 2.57. The van der Waals surface area contributed by atoms with Crippen molar-refractivity contribution in [3.63, 3.8) is 0 Å². The summed E-state index contributed by atoms with van der Waals surface area (Å²) in [6.45, 7) is 6.35. The maximum Gasteiger partial charge on any atom is 0.121 e. The Kier molecular flexibility index (Phi) is 2.42. The van der Waals surface area contributed by atoms with Crippen LogP contribution in [0, 0.1) is 20.8 Å². The van der Waals surface area contributed by atoms with Gasteiger partial charge in [-0.25, -0.2) is 0 Å². The monoisotopic (exact) mass is 254 g/mol. The third-order valence-corrected chi connectivity index (χ3v) is 3.86. The van der Waals surface area contributed by atoms with Gasteiger partial charge < -0.3 is 10.7 Å². The molecule has 0 unspecified atom stereocenters. The summed E-state index contributed by atoms with van der Waals surface area (Å²) in [4.78, 5) is 3.47. The van der Waals surface area contributed by atoms with E-state index in [1.54, 1.807) is 4.68 Å². The van der Waals surface area contributed by atoms with Gasteiger partial charge >= 0.3 is 0 Å². The zero-order valence-corrected chi connectivity index (χ0v) is 11.7. The van der Waals surface area contributed by atoms with Crippen LogP contribution < -0.4 is 5.73 Å². The third-order valence-electron chi connectivity index (χ3n) is 3.86. The molecule has 1 aromatic carbocycles. The molecule has 3 aromatic rings. The minimum atomic E-state index is 0.674. The highest BCUT2D eigenvalue weighted by Gasteiger charge is 2.15. The number of H-pyrrole nitrogens is 1. The molecule has 0 atom stereocenters. The van der Waals surface area contributed by atoms with Crippen molar-refractivity contribution in [3.05, 3.63) is 35.0 Å². The highest BCUT2D eigenvalue weighted by Crippen LogP contribution is 2.34. The molecule has 0 aliphatic heterocycles. The largest absolute Gasteiger partial charge is 0.384 e.